The Bertz CT molecular complexity index is 1390. The number of piperidine rings is 1. The van der Waals surface area contributed by atoms with E-state index in [4.69, 9.17) is 15.2 Å². The number of benzene rings is 1. The molecule has 1 aliphatic heterocycles. The second-order valence-corrected chi connectivity index (χ2v) is 15.5. The number of carbonyl (C=O) groups is 6. The molecule has 0 radical (unpaired) electrons. The van der Waals surface area contributed by atoms with Crippen LogP contribution in [0, 0.1) is 34.5 Å². The van der Waals surface area contributed by atoms with E-state index in [1.165, 1.54) is 4.90 Å². The highest BCUT2D eigenvalue weighted by molar-refractivity contribution is 6.37. The van der Waals surface area contributed by atoms with E-state index in [1.807, 2.05) is 78.8 Å². The Hall–Kier alpha value is -4.16. The van der Waals surface area contributed by atoms with E-state index in [9.17, 15) is 28.8 Å². The Morgan fingerprint density at radius 1 is 0.979 bits per heavy atom. The maximum Gasteiger partial charge on any atom is 0.508 e. The number of Topliss-reactive ketones (excluding diaryl/α,β-unsaturated/α-hetero) is 1. The summed E-state index contributed by atoms with van der Waals surface area (Å²) < 4.78 is 10.5. The van der Waals surface area contributed by atoms with Gasteiger partial charge in [-0.3, -0.25) is 19.2 Å². The van der Waals surface area contributed by atoms with E-state index in [1.54, 1.807) is 0 Å². The Balaban J connectivity index is 1.42. The number of hydrogen-bond acceptors (Lipinski definition) is 8. The molecule has 1 aromatic carbocycles. The van der Waals surface area contributed by atoms with E-state index >= 15 is 0 Å². The average molecular weight is 670 g/mol. The van der Waals surface area contributed by atoms with Crippen LogP contribution < -0.4 is 21.7 Å². The molecule has 1 aromatic rings. The summed E-state index contributed by atoms with van der Waals surface area (Å²) in [5.74, 6) is -2.88. The van der Waals surface area contributed by atoms with Gasteiger partial charge in [-0.25, -0.2) is 9.59 Å². The highest BCUT2D eigenvalue weighted by Gasteiger charge is 2.70. The van der Waals surface area contributed by atoms with Gasteiger partial charge in [0.1, 0.15) is 25.3 Å². The van der Waals surface area contributed by atoms with Crippen LogP contribution in [0.5, 0.6) is 0 Å². The minimum atomic E-state index is -1.11. The summed E-state index contributed by atoms with van der Waals surface area (Å²) in [5, 5.41) is 8.38. The van der Waals surface area contributed by atoms with Gasteiger partial charge in [-0.1, -0.05) is 91.6 Å². The van der Waals surface area contributed by atoms with E-state index < -0.39 is 65.3 Å². The molecule has 5 amide bonds. The molecular weight excluding hydrogens is 618 g/mol. The van der Waals surface area contributed by atoms with Crippen LogP contribution in [0.1, 0.15) is 73.3 Å². The number of amides is 5. The molecule has 13 heteroatoms. The fourth-order valence-electron chi connectivity index (χ4n) is 6.63. The van der Waals surface area contributed by atoms with Gasteiger partial charge in [0.05, 0.1) is 12.1 Å². The second kappa shape index (κ2) is 14.5. The van der Waals surface area contributed by atoms with Crippen LogP contribution in [0.25, 0.3) is 0 Å². The summed E-state index contributed by atoms with van der Waals surface area (Å²) >= 11 is 0. The molecule has 6 atom stereocenters. The lowest BCUT2D eigenvalue weighted by Crippen LogP contribution is -2.62. The molecule has 1 unspecified atom stereocenters. The molecule has 2 aliphatic carbocycles. The fraction of sp³-hybridized carbons (Fsp3) is 0.657. The van der Waals surface area contributed by atoms with Crippen molar-refractivity contribution >= 4 is 35.7 Å². The first-order valence-corrected chi connectivity index (χ1v) is 16.8. The van der Waals surface area contributed by atoms with Crippen LogP contribution in [0.3, 0.4) is 0 Å². The van der Waals surface area contributed by atoms with Crippen molar-refractivity contribution in [2.24, 2.45) is 40.2 Å². The first-order chi connectivity index (χ1) is 22.4. The predicted octanol–water partition coefficient (Wildman–Crippen LogP) is 2.90. The molecule has 13 nitrogen and oxygen atoms in total. The zero-order valence-corrected chi connectivity index (χ0v) is 29.0. The number of nitrogens with zero attached hydrogens (tertiary/aromatic N) is 1. The molecule has 0 spiro atoms. The van der Waals surface area contributed by atoms with Gasteiger partial charge in [0.25, 0.3) is 5.91 Å². The minimum absolute atomic E-state index is 0.0480. The van der Waals surface area contributed by atoms with Gasteiger partial charge in [-0.2, -0.15) is 0 Å². The second-order valence-electron chi connectivity index (χ2n) is 15.5. The quantitative estimate of drug-likeness (QED) is 0.172. The summed E-state index contributed by atoms with van der Waals surface area (Å²) in [4.78, 5) is 79.5. The minimum Gasteiger partial charge on any atom is -0.432 e. The largest absolute Gasteiger partial charge is 0.508 e. The highest BCUT2D eigenvalue weighted by atomic mass is 16.7. The van der Waals surface area contributed by atoms with E-state index in [0.29, 0.717) is 13.0 Å². The molecule has 3 fully saturated rings. The summed E-state index contributed by atoms with van der Waals surface area (Å²) in [6, 6.07) is 4.99. The number of nitrogens with two attached hydrogens (primary N) is 1. The number of nitrogens with one attached hydrogen (secondary N) is 3. The molecule has 264 valence electrons. The number of rotatable bonds is 14. The number of carbonyl (C=O) groups excluding carboxylic acids is 6. The Kier molecular flexibility index (Phi) is 11.1. The van der Waals surface area contributed by atoms with Crippen LogP contribution in [0.4, 0.5) is 9.59 Å². The topological polar surface area (TPSA) is 186 Å². The third-order valence-corrected chi connectivity index (χ3v) is 9.99. The SMILES string of the molecule is CC(C)[C@@H](COC(=O)OCc1ccccc1)NC(=O)N[C@H](C(=O)N1C[C@H]2[C@@H]([C@H]1C(=O)NC(CC1CC1)C(=O)C(N)=O)C2(C)C)C(C)(C)C. The Labute approximate surface area is 282 Å². The number of fused-ring (bicyclic) bond motifs is 1. The molecular formula is C35H51N5O8. The normalized spacial score (nSPS) is 22.8. The highest BCUT2D eigenvalue weighted by Crippen LogP contribution is 2.65. The van der Waals surface area contributed by atoms with E-state index in [2.05, 4.69) is 16.0 Å². The van der Waals surface area contributed by atoms with Gasteiger partial charge in [0.15, 0.2) is 0 Å². The van der Waals surface area contributed by atoms with Crippen molar-refractivity contribution < 1.29 is 38.2 Å². The first-order valence-electron chi connectivity index (χ1n) is 16.8. The van der Waals surface area contributed by atoms with Crippen LogP contribution in [-0.2, 0) is 35.3 Å². The van der Waals surface area contributed by atoms with Gasteiger partial charge >= 0.3 is 12.2 Å². The van der Waals surface area contributed by atoms with E-state index in [0.717, 1.165) is 18.4 Å². The summed E-state index contributed by atoms with van der Waals surface area (Å²) in [6.45, 7) is 13.5. The zero-order chi connectivity index (χ0) is 35.6. The van der Waals surface area contributed by atoms with Crippen molar-refractivity contribution in [3.05, 3.63) is 35.9 Å². The Morgan fingerprint density at radius 2 is 1.62 bits per heavy atom. The smallest absolute Gasteiger partial charge is 0.432 e. The number of ether oxygens (including phenoxy) is 2. The van der Waals surface area contributed by atoms with Gasteiger partial charge in [-0.05, 0) is 46.5 Å². The molecule has 48 heavy (non-hydrogen) atoms. The van der Waals surface area contributed by atoms with Crippen molar-refractivity contribution in [2.75, 3.05) is 13.2 Å². The molecule has 3 aliphatic rings. The van der Waals surface area contributed by atoms with Crippen molar-refractivity contribution in [3.8, 4) is 0 Å². The molecule has 0 bridgehead atoms. The number of urea groups is 1. The van der Waals surface area contributed by atoms with Crippen molar-refractivity contribution in [1.82, 2.24) is 20.9 Å². The summed E-state index contributed by atoms with van der Waals surface area (Å²) in [7, 11) is 0. The number of primary amides is 1. The summed E-state index contributed by atoms with van der Waals surface area (Å²) in [6.07, 6.45) is 1.27. The summed E-state index contributed by atoms with van der Waals surface area (Å²) in [5.41, 5.74) is 5.15. The third-order valence-electron chi connectivity index (χ3n) is 9.99. The number of ketones is 1. The lowest BCUT2D eigenvalue weighted by Gasteiger charge is -2.38. The van der Waals surface area contributed by atoms with Crippen LogP contribution in [0.15, 0.2) is 30.3 Å². The monoisotopic (exact) mass is 669 g/mol. The first kappa shape index (κ1) is 36.7. The number of likely N-dealkylation sites (tertiary alicyclic amines) is 1. The predicted molar refractivity (Wildman–Crippen MR) is 176 cm³/mol. The number of hydrogen-bond donors (Lipinski definition) is 4. The maximum atomic E-state index is 14.2. The zero-order valence-electron chi connectivity index (χ0n) is 29.0. The maximum absolute atomic E-state index is 14.2. The molecule has 5 N–H and O–H groups in total. The fourth-order valence-corrected chi connectivity index (χ4v) is 6.63. The molecule has 2 saturated carbocycles. The van der Waals surface area contributed by atoms with Gasteiger partial charge < -0.3 is 36.1 Å². The van der Waals surface area contributed by atoms with Gasteiger partial charge in [0, 0.05) is 6.54 Å². The van der Waals surface area contributed by atoms with Crippen molar-refractivity contribution in [2.45, 2.75) is 98.5 Å². The van der Waals surface area contributed by atoms with Gasteiger partial charge in [0.2, 0.25) is 17.6 Å². The molecule has 4 rings (SSSR count). The van der Waals surface area contributed by atoms with Crippen LogP contribution in [-0.4, -0.2) is 77.9 Å². The van der Waals surface area contributed by atoms with E-state index in [-0.39, 0.29) is 42.3 Å². The van der Waals surface area contributed by atoms with Gasteiger partial charge in [-0.15, -0.1) is 0 Å². The van der Waals surface area contributed by atoms with Crippen molar-refractivity contribution in [3.63, 3.8) is 0 Å². The van der Waals surface area contributed by atoms with Crippen LogP contribution in [0.2, 0.25) is 0 Å². The lowest BCUT2D eigenvalue weighted by atomic mass is 9.85. The third kappa shape index (κ3) is 8.84. The Morgan fingerprint density at radius 3 is 2.19 bits per heavy atom. The van der Waals surface area contributed by atoms with Crippen molar-refractivity contribution in [1.29, 1.82) is 0 Å². The van der Waals surface area contributed by atoms with Crippen LogP contribution >= 0.6 is 0 Å². The lowest BCUT2D eigenvalue weighted by molar-refractivity contribution is -0.145. The molecule has 1 heterocycles. The average Bonchev–Trinajstić information content (AvgIpc) is 3.87. The standard InChI is InChI=1S/C35H51N5O8/c1-19(2)24(18-48-33(46)47-17-21-11-9-8-10-12-21)38-32(45)39-28(34(3,4)5)31(44)40-16-22-25(35(22,6)7)26(40)30(43)37-23(15-20-13-14-20)27(41)29(36)42/h8-12,19-20,22-26,28H,13-18H2,1-7H3,(H2,36,42)(H,37,43)(H2,38,39,45)/t22-,23?,24+,25-,26-,28+/m0/s1. The molecule has 0 aromatic heterocycles. The molecule has 1 saturated heterocycles.